The van der Waals surface area contributed by atoms with Gasteiger partial charge in [-0.1, -0.05) is 64.8 Å². The van der Waals surface area contributed by atoms with Crippen molar-refractivity contribution in [2.24, 2.45) is 0 Å². The van der Waals surface area contributed by atoms with Crippen LogP contribution in [-0.4, -0.2) is 31.4 Å². The van der Waals surface area contributed by atoms with E-state index in [-0.39, 0.29) is 0 Å². The van der Waals surface area contributed by atoms with Gasteiger partial charge < -0.3 is 9.64 Å². The van der Waals surface area contributed by atoms with E-state index in [9.17, 15) is 0 Å². The van der Waals surface area contributed by atoms with Crippen molar-refractivity contribution < 1.29 is 9.42 Å². The minimum Gasteiger partial charge on any atom is -0.378 e. The number of aromatic nitrogens is 2. The van der Waals surface area contributed by atoms with E-state index in [0.717, 1.165) is 38.7 Å². The van der Waals surface area contributed by atoms with Crippen molar-refractivity contribution in [3.05, 3.63) is 78.0 Å². The van der Waals surface area contributed by atoms with Gasteiger partial charge in [0.2, 0.25) is 6.20 Å². The van der Waals surface area contributed by atoms with Crippen LogP contribution in [0.5, 0.6) is 0 Å². The summed E-state index contributed by atoms with van der Waals surface area (Å²) in [6.45, 7) is 6.16. The number of aryl methyl sites for hydroxylation is 1. The Balaban J connectivity index is 1.70. The van der Waals surface area contributed by atoms with E-state index in [1.54, 1.807) is 0 Å². The lowest BCUT2D eigenvalue weighted by atomic mass is 10.1. The highest BCUT2D eigenvalue weighted by atomic mass is 16.5. The molecule has 0 aliphatic carbocycles. The third kappa shape index (κ3) is 3.92. The molecule has 132 valence electrons. The van der Waals surface area contributed by atoms with Crippen LogP contribution in [0.3, 0.4) is 0 Å². The summed E-state index contributed by atoms with van der Waals surface area (Å²) in [4.78, 5) is 2.31. The molecule has 0 saturated carbocycles. The summed E-state index contributed by atoms with van der Waals surface area (Å²) in [6, 6.07) is 21.3. The van der Waals surface area contributed by atoms with Gasteiger partial charge in [0.1, 0.15) is 0 Å². The molecule has 0 N–H and O–H groups in total. The van der Waals surface area contributed by atoms with E-state index in [2.05, 4.69) is 77.3 Å². The standard InChI is InChI=1S/C22H24N3O/c1-18-7-9-19(10-8-18)16-25-17-21(20-5-3-2-4-6-20)15-22(23-25)24-11-13-26-14-12-24/h2-10,15,17H,11-14,16H2,1H3/q+1. The molecule has 1 aliphatic heterocycles. The molecule has 3 aromatic rings. The van der Waals surface area contributed by atoms with Crippen molar-refractivity contribution in [1.29, 1.82) is 0 Å². The van der Waals surface area contributed by atoms with Crippen LogP contribution in [0.25, 0.3) is 11.1 Å². The predicted molar refractivity (Wildman–Crippen MR) is 103 cm³/mol. The van der Waals surface area contributed by atoms with Gasteiger partial charge in [-0.15, -0.1) is 0 Å². The molecule has 0 radical (unpaired) electrons. The Morgan fingerprint density at radius 2 is 1.69 bits per heavy atom. The van der Waals surface area contributed by atoms with Gasteiger partial charge in [-0.2, -0.15) is 0 Å². The molecule has 0 unspecified atom stereocenters. The molecule has 1 saturated heterocycles. The fourth-order valence-corrected chi connectivity index (χ4v) is 3.22. The van der Waals surface area contributed by atoms with E-state index in [1.165, 1.54) is 22.3 Å². The summed E-state index contributed by atoms with van der Waals surface area (Å²) in [5, 5.41) is 4.89. The fraction of sp³-hybridized carbons (Fsp3) is 0.273. The van der Waals surface area contributed by atoms with Gasteiger partial charge >= 0.3 is 0 Å². The number of hydrogen-bond acceptors (Lipinski definition) is 3. The van der Waals surface area contributed by atoms with E-state index in [0.29, 0.717) is 0 Å². The third-order valence-corrected chi connectivity index (χ3v) is 4.71. The van der Waals surface area contributed by atoms with Crippen molar-refractivity contribution in [2.75, 3.05) is 31.2 Å². The summed E-state index contributed by atoms with van der Waals surface area (Å²) >= 11 is 0. The molecule has 1 fully saturated rings. The molecule has 2 heterocycles. The van der Waals surface area contributed by atoms with Gasteiger partial charge in [0, 0.05) is 29.8 Å². The summed E-state index contributed by atoms with van der Waals surface area (Å²) in [5.74, 6) is 1.02. The zero-order chi connectivity index (χ0) is 17.8. The molecular weight excluding hydrogens is 322 g/mol. The Bertz CT molecular complexity index is 856. The molecule has 0 atom stereocenters. The molecule has 1 aliphatic rings. The molecule has 26 heavy (non-hydrogen) atoms. The van der Waals surface area contributed by atoms with Gasteiger partial charge in [0.05, 0.1) is 18.8 Å². The van der Waals surface area contributed by atoms with Crippen LogP contribution in [0.15, 0.2) is 66.9 Å². The second kappa shape index (κ2) is 7.67. The SMILES string of the molecule is Cc1ccc(C[n+]2cc(-c3ccccc3)cc(N3CCOCC3)n2)cc1. The van der Waals surface area contributed by atoms with Crippen LogP contribution in [0.4, 0.5) is 5.82 Å². The van der Waals surface area contributed by atoms with Gasteiger partial charge in [-0.25, -0.2) is 0 Å². The molecular formula is C22H24N3O+. The zero-order valence-corrected chi connectivity index (χ0v) is 15.1. The summed E-state index contributed by atoms with van der Waals surface area (Å²) in [6.07, 6.45) is 2.14. The molecule has 0 bridgehead atoms. The van der Waals surface area contributed by atoms with E-state index in [4.69, 9.17) is 9.84 Å². The second-order valence-electron chi connectivity index (χ2n) is 6.74. The highest BCUT2D eigenvalue weighted by Gasteiger charge is 2.19. The first-order chi connectivity index (χ1) is 12.8. The smallest absolute Gasteiger partial charge is 0.204 e. The quantitative estimate of drug-likeness (QED) is 0.679. The maximum Gasteiger partial charge on any atom is 0.204 e. The Morgan fingerprint density at radius 3 is 2.42 bits per heavy atom. The minimum atomic E-state index is 0.759. The topological polar surface area (TPSA) is 29.2 Å². The van der Waals surface area contributed by atoms with Gasteiger partial charge in [-0.3, -0.25) is 0 Å². The van der Waals surface area contributed by atoms with E-state index in [1.807, 2.05) is 6.07 Å². The van der Waals surface area contributed by atoms with Gasteiger partial charge in [-0.05, 0) is 12.5 Å². The van der Waals surface area contributed by atoms with Crippen LogP contribution in [0.2, 0.25) is 0 Å². The van der Waals surface area contributed by atoms with Gasteiger partial charge in [0.25, 0.3) is 0 Å². The van der Waals surface area contributed by atoms with Crippen LogP contribution < -0.4 is 9.58 Å². The number of rotatable bonds is 4. The molecule has 2 aromatic carbocycles. The monoisotopic (exact) mass is 346 g/mol. The Labute approximate surface area is 154 Å². The summed E-state index contributed by atoms with van der Waals surface area (Å²) < 4.78 is 7.55. The molecule has 4 heteroatoms. The summed E-state index contributed by atoms with van der Waals surface area (Å²) in [7, 11) is 0. The molecule has 4 rings (SSSR count). The fourth-order valence-electron chi connectivity index (χ4n) is 3.22. The number of anilines is 1. The lowest BCUT2D eigenvalue weighted by molar-refractivity contribution is -0.744. The number of ether oxygens (including phenoxy) is 1. The van der Waals surface area contributed by atoms with Crippen molar-refractivity contribution >= 4 is 5.82 Å². The highest BCUT2D eigenvalue weighted by Crippen LogP contribution is 2.22. The van der Waals surface area contributed by atoms with E-state index >= 15 is 0 Å². The maximum atomic E-state index is 5.50. The van der Waals surface area contributed by atoms with Crippen LogP contribution in [-0.2, 0) is 11.3 Å². The Morgan fingerprint density at radius 1 is 0.962 bits per heavy atom. The zero-order valence-electron chi connectivity index (χ0n) is 15.1. The van der Waals surface area contributed by atoms with Crippen molar-refractivity contribution in [3.8, 4) is 11.1 Å². The molecule has 1 aromatic heterocycles. The van der Waals surface area contributed by atoms with Crippen molar-refractivity contribution in [2.45, 2.75) is 13.5 Å². The lowest BCUT2D eigenvalue weighted by Gasteiger charge is -2.26. The largest absolute Gasteiger partial charge is 0.378 e. The highest BCUT2D eigenvalue weighted by molar-refractivity contribution is 5.64. The normalized spacial score (nSPS) is 14.4. The van der Waals surface area contributed by atoms with Crippen molar-refractivity contribution in [3.63, 3.8) is 0 Å². The third-order valence-electron chi connectivity index (χ3n) is 4.71. The first kappa shape index (κ1) is 16.7. The minimum absolute atomic E-state index is 0.759. The molecule has 4 nitrogen and oxygen atoms in total. The molecule has 0 amide bonds. The van der Waals surface area contributed by atoms with Crippen LogP contribution in [0.1, 0.15) is 11.1 Å². The van der Waals surface area contributed by atoms with Gasteiger partial charge in [0.15, 0.2) is 12.4 Å². The summed E-state index contributed by atoms with van der Waals surface area (Å²) in [5.41, 5.74) is 4.93. The number of hydrogen-bond donors (Lipinski definition) is 0. The maximum absolute atomic E-state index is 5.50. The second-order valence-corrected chi connectivity index (χ2v) is 6.74. The average molecular weight is 346 g/mol. The number of morpholine rings is 1. The Kier molecular flexibility index (Phi) is 4.93. The van der Waals surface area contributed by atoms with Crippen molar-refractivity contribution in [1.82, 2.24) is 5.10 Å². The number of nitrogens with zero attached hydrogens (tertiary/aromatic N) is 3. The number of benzene rings is 2. The predicted octanol–water partition coefficient (Wildman–Crippen LogP) is 3.23. The van der Waals surface area contributed by atoms with Crippen LogP contribution >= 0.6 is 0 Å². The first-order valence-corrected chi connectivity index (χ1v) is 9.13. The van der Waals surface area contributed by atoms with Crippen LogP contribution in [0, 0.1) is 6.92 Å². The Hall–Kier alpha value is -2.72. The van der Waals surface area contributed by atoms with E-state index < -0.39 is 0 Å². The molecule has 0 spiro atoms. The average Bonchev–Trinajstić information content (AvgIpc) is 2.71. The lowest BCUT2D eigenvalue weighted by Crippen LogP contribution is -2.43. The first-order valence-electron chi connectivity index (χ1n) is 9.13.